The standard InChI is InChI=1S/C16H19NO4S/c1-4-20-14-7-9-15(10-8-14)21-22(18,19)16-11-5-13(6-12-16)17(2)3/h5-12H,4H2,1-3H3. The average molecular weight is 321 g/mol. The molecule has 2 aromatic rings. The van der Waals surface area contributed by atoms with Gasteiger partial charge in [-0.1, -0.05) is 0 Å². The molecule has 0 radical (unpaired) electrons. The highest BCUT2D eigenvalue weighted by Crippen LogP contribution is 2.23. The molecule has 0 saturated heterocycles. The molecule has 0 bridgehead atoms. The maximum Gasteiger partial charge on any atom is 0.339 e. The van der Waals surface area contributed by atoms with Crippen molar-refractivity contribution in [3.63, 3.8) is 0 Å². The molecule has 0 heterocycles. The Morgan fingerprint density at radius 3 is 1.95 bits per heavy atom. The minimum atomic E-state index is -3.84. The Hall–Kier alpha value is -2.21. The van der Waals surface area contributed by atoms with Gasteiger partial charge in [0.15, 0.2) is 0 Å². The van der Waals surface area contributed by atoms with Crippen molar-refractivity contribution in [2.75, 3.05) is 25.6 Å². The van der Waals surface area contributed by atoms with E-state index in [4.69, 9.17) is 8.92 Å². The van der Waals surface area contributed by atoms with Gasteiger partial charge in [-0.05, 0) is 55.5 Å². The van der Waals surface area contributed by atoms with E-state index in [1.165, 1.54) is 12.1 Å². The quantitative estimate of drug-likeness (QED) is 0.766. The predicted molar refractivity (Wildman–Crippen MR) is 86.2 cm³/mol. The highest BCUT2D eigenvalue weighted by molar-refractivity contribution is 7.87. The fraction of sp³-hybridized carbons (Fsp3) is 0.250. The first-order chi connectivity index (χ1) is 10.4. The maximum absolute atomic E-state index is 12.2. The van der Waals surface area contributed by atoms with E-state index in [0.29, 0.717) is 12.4 Å². The smallest absolute Gasteiger partial charge is 0.339 e. The van der Waals surface area contributed by atoms with Gasteiger partial charge in [-0.3, -0.25) is 0 Å². The number of nitrogens with zero attached hydrogens (tertiary/aromatic N) is 1. The van der Waals surface area contributed by atoms with Gasteiger partial charge in [0, 0.05) is 19.8 Å². The molecular weight excluding hydrogens is 302 g/mol. The van der Waals surface area contributed by atoms with Crippen LogP contribution in [0.2, 0.25) is 0 Å². The van der Waals surface area contributed by atoms with Crippen LogP contribution in [-0.4, -0.2) is 29.1 Å². The molecule has 0 aliphatic carbocycles. The van der Waals surface area contributed by atoms with E-state index in [0.717, 1.165) is 5.69 Å². The van der Waals surface area contributed by atoms with E-state index in [-0.39, 0.29) is 10.6 Å². The third-order valence-corrected chi connectivity index (χ3v) is 4.24. The first-order valence-corrected chi connectivity index (χ1v) is 8.28. The van der Waals surface area contributed by atoms with Gasteiger partial charge in [-0.2, -0.15) is 8.42 Å². The van der Waals surface area contributed by atoms with Gasteiger partial charge in [-0.25, -0.2) is 0 Å². The van der Waals surface area contributed by atoms with Gasteiger partial charge in [0.25, 0.3) is 0 Å². The molecule has 0 aromatic heterocycles. The number of anilines is 1. The van der Waals surface area contributed by atoms with Crippen LogP contribution in [0.5, 0.6) is 11.5 Å². The van der Waals surface area contributed by atoms with Crippen molar-refractivity contribution in [2.45, 2.75) is 11.8 Å². The van der Waals surface area contributed by atoms with Crippen LogP contribution in [0.25, 0.3) is 0 Å². The zero-order valence-corrected chi connectivity index (χ0v) is 13.6. The SMILES string of the molecule is CCOc1ccc(OS(=O)(=O)c2ccc(N(C)C)cc2)cc1. The summed E-state index contributed by atoms with van der Waals surface area (Å²) in [5.74, 6) is 0.919. The van der Waals surface area contributed by atoms with Crippen LogP contribution in [-0.2, 0) is 10.1 Å². The Morgan fingerprint density at radius 2 is 1.45 bits per heavy atom. The van der Waals surface area contributed by atoms with Crippen LogP contribution >= 0.6 is 0 Å². The fourth-order valence-electron chi connectivity index (χ4n) is 1.84. The zero-order valence-electron chi connectivity index (χ0n) is 12.8. The Kier molecular flexibility index (Phi) is 4.92. The van der Waals surface area contributed by atoms with Gasteiger partial charge >= 0.3 is 10.1 Å². The number of benzene rings is 2. The Balaban J connectivity index is 2.16. The summed E-state index contributed by atoms with van der Waals surface area (Å²) < 4.78 is 34.9. The lowest BCUT2D eigenvalue weighted by molar-refractivity contribution is 0.340. The molecule has 5 nitrogen and oxygen atoms in total. The summed E-state index contributed by atoms with van der Waals surface area (Å²) in [6.07, 6.45) is 0. The Morgan fingerprint density at radius 1 is 0.909 bits per heavy atom. The van der Waals surface area contributed by atoms with Gasteiger partial charge < -0.3 is 13.8 Å². The molecular formula is C16H19NO4S. The third kappa shape index (κ3) is 3.92. The van der Waals surface area contributed by atoms with E-state index in [2.05, 4.69) is 0 Å². The third-order valence-electron chi connectivity index (χ3n) is 2.98. The molecule has 0 unspecified atom stereocenters. The van der Waals surface area contributed by atoms with Crippen molar-refractivity contribution in [1.82, 2.24) is 0 Å². The van der Waals surface area contributed by atoms with Crippen molar-refractivity contribution >= 4 is 15.8 Å². The maximum atomic E-state index is 12.2. The van der Waals surface area contributed by atoms with Crippen LogP contribution < -0.4 is 13.8 Å². The van der Waals surface area contributed by atoms with Crippen molar-refractivity contribution in [3.05, 3.63) is 48.5 Å². The molecule has 22 heavy (non-hydrogen) atoms. The van der Waals surface area contributed by atoms with Crippen molar-refractivity contribution in [3.8, 4) is 11.5 Å². The average Bonchev–Trinajstić information content (AvgIpc) is 2.49. The number of hydrogen-bond donors (Lipinski definition) is 0. The minimum absolute atomic E-state index is 0.118. The van der Waals surface area contributed by atoms with E-state index in [9.17, 15) is 8.42 Å². The lowest BCUT2D eigenvalue weighted by Gasteiger charge is -2.13. The second-order valence-electron chi connectivity index (χ2n) is 4.83. The molecule has 2 aromatic carbocycles. The molecule has 0 aliphatic rings. The lowest BCUT2D eigenvalue weighted by atomic mass is 10.3. The molecule has 0 aliphatic heterocycles. The second kappa shape index (κ2) is 6.70. The number of rotatable bonds is 6. The molecule has 118 valence electrons. The second-order valence-corrected chi connectivity index (χ2v) is 6.38. The summed E-state index contributed by atoms with van der Waals surface area (Å²) in [6, 6.07) is 13.0. The van der Waals surface area contributed by atoms with Crippen LogP contribution in [0, 0.1) is 0 Å². The molecule has 0 fully saturated rings. The van der Waals surface area contributed by atoms with E-state index >= 15 is 0 Å². The van der Waals surface area contributed by atoms with Crippen molar-refractivity contribution in [1.29, 1.82) is 0 Å². The fourth-order valence-corrected chi connectivity index (χ4v) is 2.77. The van der Waals surface area contributed by atoms with E-state index in [1.807, 2.05) is 25.9 Å². The first-order valence-electron chi connectivity index (χ1n) is 6.87. The van der Waals surface area contributed by atoms with E-state index in [1.54, 1.807) is 36.4 Å². The first kappa shape index (κ1) is 16.2. The summed E-state index contributed by atoms with van der Waals surface area (Å²) in [5, 5.41) is 0. The summed E-state index contributed by atoms with van der Waals surface area (Å²) in [7, 11) is -0.0626. The molecule has 0 saturated carbocycles. The highest BCUT2D eigenvalue weighted by Gasteiger charge is 2.16. The van der Waals surface area contributed by atoms with Gasteiger partial charge in [-0.15, -0.1) is 0 Å². The zero-order chi connectivity index (χ0) is 16.2. The minimum Gasteiger partial charge on any atom is -0.494 e. The summed E-state index contributed by atoms with van der Waals surface area (Å²) in [6.45, 7) is 2.43. The normalized spacial score (nSPS) is 11.0. The molecule has 0 atom stereocenters. The van der Waals surface area contributed by atoms with Crippen LogP contribution in [0.15, 0.2) is 53.4 Å². The topological polar surface area (TPSA) is 55.8 Å². The van der Waals surface area contributed by atoms with Crippen LogP contribution in [0.3, 0.4) is 0 Å². The summed E-state index contributed by atoms with van der Waals surface area (Å²) in [5.41, 5.74) is 0.917. The number of ether oxygens (including phenoxy) is 1. The molecule has 0 spiro atoms. The molecule has 0 N–H and O–H groups in total. The largest absolute Gasteiger partial charge is 0.494 e. The van der Waals surface area contributed by atoms with Crippen LogP contribution in [0.1, 0.15) is 6.92 Å². The van der Waals surface area contributed by atoms with E-state index < -0.39 is 10.1 Å². The summed E-state index contributed by atoms with van der Waals surface area (Å²) in [4.78, 5) is 2.01. The van der Waals surface area contributed by atoms with Gasteiger partial charge in [0.2, 0.25) is 0 Å². The number of hydrogen-bond acceptors (Lipinski definition) is 5. The van der Waals surface area contributed by atoms with Crippen LogP contribution in [0.4, 0.5) is 5.69 Å². The lowest BCUT2D eigenvalue weighted by Crippen LogP contribution is -2.11. The molecule has 6 heteroatoms. The summed E-state index contributed by atoms with van der Waals surface area (Å²) >= 11 is 0. The monoisotopic (exact) mass is 321 g/mol. The van der Waals surface area contributed by atoms with Gasteiger partial charge in [0.05, 0.1) is 6.61 Å². The van der Waals surface area contributed by atoms with Crippen molar-refractivity contribution < 1.29 is 17.3 Å². The molecule has 2 rings (SSSR count). The van der Waals surface area contributed by atoms with Gasteiger partial charge in [0.1, 0.15) is 16.4 Å². The predicted octanol–water partition coefficient (Wildman–Crippen LogP) is 2.92. The molecule has 0 amide bonds. The Bertz CT molecular complexity index is 707. The Labute approximate surface area is 131 Å². The highest BCUT2D eigenvalue weighted by atomic mass is 32.2. The van der Waals surface area contributed by atoms with Crippen molar-refractivity contribution in [2.24, 2.45) is 0 Å².